The van der Waals surface area contributed by atoms with Gasteiger partial charge in [-0.05, 0) is 62.1 Å². The van der Waals surface area contributed by atoms with Crippen LogP contribution in [0.5, 0.6) is 17.4 Å². The van der Waals surface area contributed by atoms with Crippen molar-refractivity contribution in [2.75, 3.05) is 6.61 Å². The van der Waals surface area contributed by atoms with Crippen LogP contribution in [-0.4, -0.2) is 11.6 Å². The predicted octanol–water partition coefficient (Wildman–Crippen LogP) is 6.04. The van der Waals surface area contributed by atoms with Crippen molar-refractivity contribution < 1.29 is 9.47 Å². The number of hydrogen-bond donors (Lipinski definition) is 0. The summed E-state index contributed by atoms with van der Waals surface area (Å²) in [6.07, 6.45) is 6.75. The van der Waals surface area contributed by atoms with Crippen molar-refractivity contribution in [3.05, 3.63) is 84.1 Å². The van der Waals surface area contributed by atoms with Crippen molar-refractivity contribution in [1.29, 1.82) is 0 Å². The maximum absolute atomic E-state index is 6.00. The molecule has 0 aliphatic carbocycles. The molecule has 0 radical (unpaired) electrons. The van der Waals surface area contributed by atoms with Crippen LogP contribution in [0.4, 0.5) is 0 Å². The summed E-state index contributed by atoms with van der Waals surface area (Å²) in [6, 6.07) is 23.6. The van der Waals surface area contributed by atoms with Crippen LogP contribution in [0.15, 0.2) is 72.8 Å². The number of para-hydroxylation sites is 1. The Bertz CT molecular complexity index is 960. The van der Waals surface area contributed by atoms with Gasteiger partial charge in [-0.15, -0.1) is 6.42 Å². The van der Waals surface area contributed by atoms with Gasteiger partial charge < -0.3 is 9.47 Å². The van der Waals surface area contributed by atoms with Gasteiger partial charge in [-0.25, -0.2) is 4.98 Å². The maximum Gasteiger partial charge on any atom is 0.219 e. The fourth-order valence-corrected chi connectivity index (χ4v) is 3.33. The highest BCUT2D eigenvalue weighted by Crippen LogP contribution is 2.34. The summed E-state index contributed by atoms with van der Waals surface area (Å²) in [7, 11) is 0. The Balaban J connectivity index is 1.76. The number of hydrogen-bond acceptors (Lipinski definition) is 3. The highest BCUT2D eigenvalue weighted by molar-refractivity contribution is 5.38. The third-order valence-corrected chi connectivity index (χ3v) is 5.31. The first kappa shape index (κ1) is 20.5. The third kappa shape index (κ3) is 4.97. The van der Waals surface area contributed by atoms with E-state index in [-0.39, 0.29) is 5.92 Å². The van der Waals surface area contributed by atoms with E-state index in [0.717, 1.165) is 29.2 Å². The Kier molecular flexibility index (Phi) is 6.57. The predicted molar refractivity (Wildman–Crippen MR) is 117 cm³/mol. The normalized spacial score (nSPS) is 13.7. The van der Waals surface area contributed by atoms with Crippen LogP contribution >= 0.6 is 0 Å². The maximum atomic E-state index is 6.00. The second-order valence-electron chi connectivity index (χ2n) is 7.29. The van der Waals surface area contributed by atoms with Crippen LogP contribution < -0.4 is 9.47 Å². The van der Waals surface area contributed by atoms with Crippen molar-refractivity contribution in [1.82, 2.24) is 4.98 Å². The van der Waals surface area contributed by atoms with E-state index in [1.165, 1.54) is 0 Å². The molecule has 3 nitrogen and oxygen atoms in total. The molecule has 2 aromatic carbocycles. The molecule has 2 unspecified atom stereocenters. The van der Waals surface area contributed by atoms with E-state index in [1.807, 2.05) is 67.6 Å². The summed E-state index contributed by atoms with van der Waals surface area (Å²) in [5, 5.41) is 0. The van der Waals surface area contributed by atoms with Gasteiger partial charge in [-0.3, -0.25) is 0 Å². The third-order valence-electron chi connectivity index (χ3n) is 5.31. The van der Waals surface area contributed by atoms with E-state index in [1.54, 1.807) is 0 Å². The van der Waals surface area contributed by atoms with E-state index in [2.05, 4.69) is 36.9 Å². The van der Waals surface area contributed by atoms with Crippen molar-refractivity contribution >= 4 is 0 Å². The second-order valence-corrected chi connectivity index (χ2v) is 7.29. The number of rotatable bonds is 8. The molecule has 0 amide bonds. The molecule has 1 heterocycles. The summed E-state index contributed by atoms with van der Waals surface area (Å²) in [6.45, 7) is 6.90. The molecule has 0 aliphatic rings. The first-order chi connectivity index (χ1) is 14.0. The van der Waals surface area contributed by atoms with Crippen molar-refractivity contribution in [2.45, 2.75) is 32.6 Å². The molecule has 148 valence electrons. The Morgan fingerprint density at radius 1 is 0.966 bits per heavy atom. The zero-order chi connectivity index (χ0) is 20.7. The summed E-state index contributed by atoms with van der Waals surface area (Å²) in [5.41, 5.74) is 1.65. The van der Waals surface area contributed by atoms with E-state index in [4.69, 9.17) is 15.9 Å². The van der Waals surface area contributed by atoms with E-state index >= 15 is 0 Å². The van der Waals surface area contributed by atoms with Crippen molar-refractivity contribution in [2.24, 2.45) is 5.92 Å². The quantitative estimate of drug-likeness (QED) is 0.443. The Morgan fingerprint density at radius 2 is 1.69 bits per heavy atom. The van der Waals surface area contributed by atoms with E-state index in [9.17, 15) is 0 Å². The largest absolute Gasteiger partial charge is 0.494 e. The van der Waals surface area contributed by atoms with E-state index < -0.39 is 5.41 Å². The lowest BCUT2D eigenvalue weighted by atomic mass is 9.71. The fraction of sp³-hybridized carbons (Fsp3) is 0.269. The number of terminal acetylenes is 1. The SMILES string of the molecule is C#CC(C)(c1ccc(OCC)cc1)C(C)Cc1cccc(Oc2ccccc2)n1. The lowest BCUT2D eigenvalue weighted by Gasteiger charge is -2.31. The monoisotopic (exact) mass is 385 g/mol. The molecule has 0 fully saturated rings. The minimum Gasteiger partial charge on any atom is -0.494 e. The molecule has 1 aromatic heterocycles. The van der Waals surface area contributed by atoms with Gasteiger partial charge in [0.1, 0.15) is 11.5 Å². The molecule has 0 spiro atoms. The van der Waals surface area contributed by atoms with Gasteiger partial charge in [0.25, 0.3) is 0 Å². The molecule has 0 aliphatic heterocycles. The number of benzene rings is 2. The first-order valence-electron chi connectivity index (χ1n) is 9.95. The summed E-state index contributed by atoms with van der Waals surface area (Å²) in [5.74, 6) is 5.42. The number of ether oxygens (including phenoxy) is 2. The molecule has 0 bridgehead atoms. The van der Waals surface area contributed by atoms with Gasteiger partial charge in [0.05, 0.1) is 12.0 Å². The molecular weight excluding hydrogens is 358 g/mol. The molecule has 29 heavy (non-hydrogen) atoms. The minimum atomic E-state index is -0.414. The van der Waals surface area contributed by atoms with Crippen molar-refractivity contribution in [3.63, 3.8) is 0 Å². The highest BCUT2D eigenvalue weighted by atomic mass is 16.5. The molecule has 0 N–H and O–H groups in total. The Labute approximate surface area is 173 Å². The Hall–Kier alpha value is -3.25. The topological polar surface area (TPSA) is 31.4 Å². The molecular formula is C26H27NO2. The minimum absolute atomic E-state index is 0.185. The number of aromatic nitrogens is 1. The van der Waals surface area contributed by atoms with Gasteiger partial charge in [-0.1, -0.05) is 49.2 Å². The van der Waals surface area contributed by atoms with Crippen LogP contribution in [0, 0.1) is 18.3 Å². The van der Waals surface area contributed by atoms with Crippen LogP contribution in [0.2, 0.25) is 0 Å². The lowest BCUT2D eigenvalue weighted by molar-refractivity contribution is 0.339. The van der Waals surface area contributed by atoms with Crippen LogP contribution in [-0.2, 0) is 11.8 Å². The van der Waals surface area contributed by atoms with Gasteiger partial charge in [0, 0.05) is 11.8 Å². The summed E-state index contributed by atoms with van der Waals surface area (Å²) >= 11 is 0. The average molecular weight is 386 g/mol. The van der Waals surface area contributed by atoms with Gasteiger partial charge >= 0.3 is 0 Å². The molecule has 3 aromatic rings. The van der Waals surface area contributed by atoms with Crippen LogP contribution in [0.25, 0.3) is 0 Å². The molecule has 2 atom stereocenters. The fourth-order valence-electron chi connectivity index (χ4n) is 3.33. The Morgan fingerprint density at radius 3 is 2.34 bits per heavy atom. The lowest BCUT2D eigenvalue weighted by Crippen LogP contribution is -2.30. The smallest absolute Gasteiger partial charge is 0.219 e. The van der Waals surface area contributed by atoms with Gasteiger partial charge in [0.15, 0.2) is 0 Å². The van der Waals surface area contributed by atoms with Gasteiger partial charge in [0.2, 0.25) is 5.88 Å². The van der Waals surface area contributed by atoms with Gasteiger partial charge in [-0.2, -0.15) is 0 Å². The number of pyridine rings is 1. The average Bonchev–Trinajstić information content (AvgIpc) is 2.75. The first-order valence-corrected chi connectivity index (χ1v) is 9.95. The second kappa shape index (κ2) is 9.30. The van der Waals surface area contributed by atoms with Crippen molar-refractivity contribution in [3.8, 4) is 29.7 Å². The summed E-state index contributed by atoms with van der Waals surface area (Å²) < 4.78 is 11.4. The van der Waals surface area contributed by atoms with E-state index in [0.29, 0.717) is 12.5 Å². The highest BCUT2D eigenvalue weighted by Gasteiger charge is 2.31. The molecule has 0 saturated carbocycles. The van der Waals surface area contributed by atoms with Crippen LogP contribution in [0.3, 0.4) is 0 Å². The van der Waals surface area contributed by atoms with Crippen LogP contribution in [0.1, 0.15) is 32.0 Å². The molecule has 3 rings (SSSR count). The zero-order valence-corrected chi connectivity index (χ0v) is 17.3. The molecule has 0 saturated heterocycles. The molecule has 3 heteroatoms. The summed E-state index contributed by atoms with van der Waals surface area (Å²) in [4.78, 5) is 4.68. The number of nitrogens with zero attached hydrogens (tertiary/aromatic N) is 1. The standard InChI is InChI=1S/C26H27NO2/c1-5-26(4,21-15-17-23(18-16-21)28-6-2)20(3)19-22-11-10-14-25(27-22)29-24-12-8-7-9-13-24/h1,7-18,20H,6,19H2,2-4H3. The zero-order valence-electron chi connectivity index (χ0n) is 17.3.